The molecule has 0 heterocycles. The van der Waals surface area contributed by atoms with Crippen molar-refractivity contribution in [3.8, 4) is 33.4 Å². The van der Waals surface area contributed by atoms with Crippen molar-refractivity contribution in [2.75, 3.05) is 0 Å². The summed E-state index contributed by atoms with van der Waals surface area (Å²) in [6.45, 7) is 0. The van der Waals surface area contributed by atoms with E-state index < -0.39 is 0 Å². The molecule has 0 amide bonds. The van der Waals surface area contributed by atoms with Gasteiger partial charge in [0.15, 0.2) is 0 Å². The van der Waals surface area contributed by atoms with Crippen LogP contribution in [0.3, 0.4) is 0 Å². The quantitative estimate of drug-likeness (QED) is 0.245. The third-order valence-corrected chi connectivity index (χ3v) is 7.03. The number of benzene rings is 7. The second kappa shape index (κ2) is 7.57. The number of hydrogen-bond donors (Lipinski definition) is 0. The maximum absolute atomic E-state index is 2.35. The molecule has 0 N–H and O–H groups in total. The first-order valence-electron chi connectivity index (χ1n) is 11.8. The molecular formula is C34H22. The Bertz CT molecular complexity index is 1760. The highest BCUT2D eigenvalue weighted by molar-refractivity contribution is 6.26. The molecule has 0 aliphatic carbocycles. The lowest BCUT2D eigenvalue weighted by Crippen LogP contribution is -1.88. The van der Waals surface area contributed by atoms with Crippen LogP contribution in [-0.4, -0.2) is 0 Å². The fourth-order valence-electron chi connectivity index (χ4n) is 5.33. The average Bonchev–Trinajstić information content (AvgIpc) is 2.92. The van der Waals surface area contributed by atoms with Gasteiger partial charge in [-0.15, -0.1) is 0 Å². The summed E-state index contributed by atoms with van der Waals surface area (Å²) in [6.07, 6.45) is 0. The standard InChI is InChI=1S/C34H22/c1-2-6-23(7-3-1)24-12-14-25(15-13-24)26-16-18-27(19-17-26)32-22-30-10-4-8-28-20-21-29-9-5-11-31(32)34(29)33(28)30/h1-22H. The second-order valence-electron chi connectivity index (χ2n) is 8.99. The highest BCUT2D eigenvalue weighted by atomic mass is 14.2. The molecule has 0 aliphatic rings. The zero-order valence-corrected chi connectivity index (χ0v) is 18.7. The van der Waals surface area contributed by atoms with Crippen molar-refractivity contribution in [3.63, 3.8) is 0 Å². The van der Waals surface area contributed by atoms with Crippen LogP contribution in [-0.2, 0) is 0 Å². The summed E-state index contributed by atoms with van der Waals surface area (Å²) in [5, 5.41) is 7.97. The van der Waals surface area contributed by atoms with E-state index in [1.54, 1.807) is 0 Å². The van der Waals surface area contributed by atoms with Gasteiger partial charge < -0.3 is 0 Å². The zero-order valence-electron chi connectivity index (χ0n) is 18.7. The summed E-state index contributed by atoms with van der Waals surface area (Å²) in [4.78, 5) is 0. The van der Waals surface area contributed by atoms with Crippen molar-refractivity contribution in [1.82, 2.24) is 0 Å². The second-order valence-corrected chi connectivity index (χ2v) is 8.99. The van der Waals surface area contributed by atoms with Crippen LogP contribution in [0, 0.1) is 0 Å². The predicted molar refractivity (Wildman–Crippen MR) is 146 cm³/mol. The molecule has 0 fully saturated rings. The van der Waals surface area contributed by atoms with Gasteiger partial charge in [-0.3, -0.25) is 0 Å². The van der Waals surface area contributed by atoms with Gasteiger partial charge >= 0.3 is 0 Å². The van der Waals surface area contributed by atoms with E-state index in [1.807, 2.05) is 0 Å². The summed E-state index contributed by atoms with van der Waals surface area (Å²) in [7, 11) is 0. The fraction of sp³-hybridized carbons (Fsp3) is 0. The Morgan fingerprint density at radius 3 is 1.44 bits per heavy atom. The molecule has 7 rings (SSSR count). The van der Waals surface area contributed by atoms with E-state index in [9.17, 15) is 0 Å². The molecule has 0 radical (unpaired) electrons. The largest absolute Gasteiger partial charge is 0.0622 e. The lowest BCUT2D eigenvalue weighted by Gasteiger charge is -2.15. The van der Waals surface area contributed by atoms with Gasteiger partial charge in [-0.25, -0.2) is 0 Å². The Labute approximate surface area is 199 Å². The van der Waals surface area contributed by atoms with Crippen molar-refractivity contribution in [1.29, 1.82) is 0 Å². The van der Waals surface area contributed by atoms with Crippen molar-refractivity contribution in [3.05, 3.63) is 133 Å². The Morgan fingerprint density at radius 1 is 0.294 bits per heavy atom. The molecule has 0 nitrogen and oxygen atoms in total. The molecule has 34 heavy (non-hydrogen) atoms. The molecule has 7 aromatic rings. The van der Waals surface area contributed by atoms with Crippen molar-refractivity contribution >= 4 is 32.3 Å². The van der Waals surface area contributed by atoms with Gasteiger partial charge in [0.1, 0.15) is 0 Å². The summed E-state index contributed by atoms with van der Waals surface area (Å²) in [5.74, 6) is 0. The lowest BCUT2D eigenvalue weighted by atomic mass is 9.88. The maximum Gasteiger partial charge on any atom is -0.00206 e. The van der Waals surface area contributed by atoms with E-state index in [-0.39, 0.29) is 0 Å². The topological polar surface area (TPSA) is 0 Å². The summed E-state index contributed by atoms with van der Waals surface area (Å²) < 4.78 is 0. The van der Waals surface area contributed by atoms with Crippen LogP contribution in [0.25, 0.3) is 65.7 Å². The van der Waals surface area contributed by atoms with Crippen molar-refractivity contribution < 1.29 is 0 Å². The number of hydrogen-bond acceptors (Lipinski definition) is 0. The SMILES string of the molecule is c1ccc(-c2ccc(-c3ccc(-c4cc5cccc6ccc7cccc4c7c65)cc3)cc2)cc1. The molecule has 0 heteroatoms. The summed E-state index contributed by atoms with van der Waals surface area (Å²) in [6, 6.07) is 48.5. The van der Waals surface area contributed by atoms with Crippen LogP contribution < -0.4 is 0 Å². The van der Waals surface area contributed by atoms with Gasteiger partial charge in [0, 0.05) is 0 Å². The van der Waals surface area contributed by atoms with Gasteiger partial charge in [-0.05, 0) is 71.8 Å². The Balaban J connectivity index is 1.32. The normalized spacial score (nSPS) is 11.5. The molecule has 158 valence electrons. The Hall–Kier alpha value is -4.42. The molecular weight excluding hydrogens is 408 g/mol. The van der Waals surface area contributed by atoms with Crippen molar-refractivity contribution in [2.45, 2.75) is 0 Å². The van der Waals surface area contributed by atoms with Gasteiger partial charge in [-0.1, -0.05) is 127 Å². The van der Waals surface area contributed by atoms with Crippen LogP contribution in [0.4, 0.5) is 0 Å². The molecule has 0 atom stereocenters. The average molecular weight is 431 g/mol. The van der Waals surface area contributed by atoms with E-state index in [0.29, 0.717) is 0 Å². The van der Waals surface area contributed by atoms with Gasteiger partial charge in [0.25, 0.3) is 0 Å². The predicted octanol–water partition coefficient (Wildman–Crippen LogP) is 9.58. The van der Waals surface area contributed by atoms with E-state index in [2.05, 4.69) is 133 Å². The van der Waals surface area contributed by atoms with E-state index in [0.717, 1.165) is 0 Å². The molecule has 0 bridgehead atoms. The zero-order chi connectivity index (χ0) is 22.5. The minimum absolute atomic E-state index is 1.24. The van der Waals surface area contributed by atoms with Crippen LogP contribution >= 0.6 is 0 Å². The lowest BCUT2D eigenvalue weighted by molar-refractivity contribution is 1.58. The maximum atomic E-state index is 2.35. The molecule has 0 saturated heterocycles. The van der Waals surface area contributed by atoms with E-state index in [4.69, 9.17) is 0 Å². The number of rotatable bonds is 3. The Morgan fingerprint density at radius 2 is 0.794 bits per heavy atom. The summed E-state index contributed by atoms with van der Waals surface area (Å²) >= 11 is 0. The molecule has 0 saturated carbocycles. The van der Waals surface area contributed by atoms with Crippen LogP contribution in [0.1, 0.15) is 0 Å². The van der Waals surface area contributed by atoms with Crippen LogP contribution in [0.2, 0.25) is 0 Å². The van der Waals surface area contributed by atoms with E-state index >= 15 is 0 Å². The first-order chi connectivity index (χ1) is 16.8. The molecule has 0 aliphatic heterocycles. The fourth-order valence-corrected chi connectivity index (χ4v) is 5.33. The minimum atomic E-state index is 1.24. The Kier molecular flexibility index (Phi) is 4.25. The smallest absolute Gasteiger partial charge is 0.00206 e. The monoisotopic (exact) mass is 430 g/mol. The first kappa shape index (κ1) is 19.1. The highest BCUT2D eigenvalue weighted by Gasteiger charge is 2.13. The third-order valence-electron chi connectivity index (χ3n) is 7.03. The van der Waals surface area contributed by atoms with E-state index in [1.165, 1.54) is 65.7 Å². The third kappa shape index (κ3) is 3.00. The highest BCUT2D eigenvalue weighted by Crippen LogP contribution is 2.40. The van der Waals surface area contributed by atoms with Crippen LogP contribution in [0.15, 0.2) is 133 Å². The molecule has 0 spiro atoms. The van der Waals surface area contributed by atoms with Gasteiger partial charge in [0.05, 0.1) is 0 Å². The van der Waals surface area contributed by atoms with Crippen molar-refractivity contribution in [2.24, 2.45) is 0 Å². The van der Waals surface area contributed by atoms with Crippen LogP contribution in [0.5, 0.6) is 0 Å². The molecule has 7 aromatic carbocycles. The molecule has 0 aromatic heterocycles. The minimum Gasteiger partial charge on any atom is -0.0622 e. The molecule has 0 unspecified atom stereocenters. The first-order valence-corrected chi connectivity index (χ1v) is 11.8. The van der Waals surface area contributed by atoms with Gasteiger partial charge in [0.2, 0.25) is 0 Å². The summed E-state index contributed by atoms with van der Waals surface area (Å²) in [5.41, 5.74) is 7.51. The van der Waals surface area contributed by atoms with Gasteiger partial charge in [-0.2, -0.15) is 0 Å².